The Morgan fingerprint density at radius 1 is 1.35 bits per heavy atom. The van der Waals surface area contributed by atoms with Crippen molar-refractivity contribution >= 4 is 5.97 Å². The van der Waals surface area contributed by atoms with Gasteiger partial charge in [0, 0.05) is 7.11 Å². The molecule has 0 fully saturated rings. The van der Waals surface area contributed by atoms with E-state index in [1.807, 2.05) is 13.8 Å². The predicted molar refractivity (Wildman–Crippen MR) is 64.5 cm³/mol. The van der Waals surface area contributed by atoms with Gasteiger partial charge in [0.1, 0.15) is 11.9 Å². The second-order valence-corrected chi connectivity index (χ2v) is 3.86. The topological polar surface area (TPSA) is 44.8 Å². The average Bonchev–Trinajstić information content (AvgIpc) is 2.31. The van der Waals surface area contributed by atoms with Gasteiger partial charge in [-0.05, 0) is 37.6 Å². The van der Waals surface area contributed by atoms with E-state index >= 15 is 0 Å². The van der Waals surface area contributed by atoms with Gasteiger partial charge in [0.15, 0.2) is 0 Å². The number of carbonyl (C=O) groups excluding carboxylic acids is 1. The largest absolute Gasteiger partial charge is 0.488 e. The summed E-state index contributed by atoms with van der Waals surface area (Å²) in [4.78, 5) is 11.3. The van der Waals surface area contributed by atoms with Crippen LogP contribution in [0.4, 0.5) is 0 Å². The van der Waals surface area contributed by atoms with Gasteiger partial charge < -0.3 is 14.2 Å². The van der Waals surface area contributed by atoms with Crippen LogP contribution in [0.1, 0.15) is 22.8 Å². The standard InChI is InChI=1S/C13H18O4/c1-9-7-11(13(14)16-4)5-6-12(9)17-10(2)8-15-3/h5-7,10H,8H2,1-4H3/t10-/m0/s1. The summed E-state index contributed by atoms with van der Waals surface area (Å²) in [5, 5.41) is 0. The van der Waals surface area contributed by atoms with E-state index in [1.54, 1.807) is 25.3 Å². The van der Waals surface area contributed by atoms with Crippen LogP contribution < -0.4 is 4.74 Å². The summed E-state index contributed by atoms with van der Waals surface area (Å²) in [5.41, 5.74) is 1.42. The highest BCUT2D eigenvalue weighted by atomic mass is 16.5. The Balaban J connectivity index is 2.79. The van der Waals surface area contributed by atoms with Crippen molar-refractivity contribution in [2.24, 2.45) is 0 Å². The van der Waals surface area contributed by atoms with Gasteiger partial charge in [-0.3, -0.25) is 0 Å². The summed E-state index contributed by atoms with van der Waals surface area (Å²) in [7, 11) is 3.00. The Hall–Kier alpha value is -1.55. The van der Waals surface area contributed by atoms with E-state index in [4.69, 9.17) is 9.47 Å². The number of aryl methyl sites for hydroxylation is 1. The van der Waals surface area contributed by atoms with E-state index in [9.17, 15) is 4.79 Å². The number of hydrogen-bond donors (Lipinski definition) is 0. The van der Waals surface area contributed by atoms with Gasteiger partial charge in [0.25, 0.3) is 0 Å². The van der Waals surface area contributed by atoms with Gasteiger partial charge in [-0.15, -0.1) is 0 Å². The Morgan fingerprint density at radius 3 is 2.59 bits per heavy atom. The number of carbonyl (C=O) groups is 1. The SMILES string of the molecule is COC[C@H](C)Oc1ccc(C(=O)OC)cc1C. The second-order valence-electron chi connectivity index (χ2n) is 3.86. The van der Waals surface area contributed by atoms with E-state index in [0.717, 1.165) is 11.3 Å². The van der Waals surface area contributed by atoms with Gasteiger partial charge in [0.05, 0.1) is 19.3 Å². The Labute approximate surface area is 101 Å². The van der Waals surface area contributed by atoms with Gasteiger partial charge in [-0.1, -0.05) is 0 Å². The molecule has 0 aliphatic heterocycles. The van der Waals surface area contributed by atoms with Crippen LogP contribution in [0.5, 0.6) is 5.75 Å². The molecule has 0 saturated heterocycles. The van der Waals surface area contributed by atoms with Crippen molar-refractivity contribution in [2.45, 2.75) is 20.0 Å². The summed E-state index contributed by atoms with van der Waals surface area (Å²) in [6.07, 6.45) is -0.0253. The zero-order chi connectivity index (χ0) is 12.8. The summed E-state index contributed by atoms with van der Waals surface area (Å²) in [6, 6.07) is 5.21. The van der Waals surface area contributed by atoms with Crippen LogP contribution in [0.2, 0.25) is 0 Å². The van der Waals surface area contributed by atoms with E-state index in [2.05, 4.69) is 4.74 Å². The van der Waals surface area contributed by atoms with Crippen LogP contribution in [0.25, 0.3) is 0 Å². The minimum atomic E-state index is -0.343. The molecule has 1 rings (SSSR count). The molecular weight excluding hydrogens is 220 g/mol. The molecule has 0 unspecified atom stereocenters. The third-order valence-corrected chi connectivity index (χ3v) is 2.33. The molecule has 1 aromatic carbocycles. The first-order chi connectivity index (χ1) is 8.08. The lowest BCUT2D eigenvalue weighted by Gasteiger charge is -2.15. The average molecular weight is 238 g/mol. The van der Waals surface area contributed by atoms with Crippen LogP contribution >= 0.6 is 0 Å². The van der Waals surface area contributed by atoms with Crippen LogP contribution in [0.15, 0.2) is 18.2 Å². The predicted octanol–water partition coefficient (Wildman–Crippen LogP) is 2.20. The number of hydrogen-bond acceptors (Lipinski definition) is 4. The first-order valence-electron chi connectivity index (χ1n) is 5.43. The van der Waals surface area contributed by atoms with E-state index in [0.29, 0.717) is 12.2 Å². The monoisotopic (exact) mass is 238 g/mol. The van der Waals surface area contributed by atoms with Gasteiger partial charge >= 0.3 is 5.97 Å². The summed E-state index contributed by atoms with van der Waals surface area (Å²) in [5.74, 6) is 0.409. The summed E-state index contributed by atoms with van der Waals surface area (Å²) in [6.45, 7) is 4.34. The molecular formula is C13H18O4. The van der Waals surface area contributed by atoms with Crippen LogP contribution in [0, 0.1) is 6.92 Å². The van der Waals surface area contributed by atoms with Gasteiger partial charge in [0.2, 0.25) is 0 Å². The zero-order valence-corrected chi connectivity index (χ0v) is 10.6. The third kappa shape index (κ3) is 3.75. The van der Waals surface area contributed by atoms with Crippen LogP contribution in [-0.4, -0.2) is 32.9 Å². The minimum absolute atomic E-state index is 0.0253. The summed E-state index contributed by atoms with van der Waals surface area (Å²) < 4.78 is 15.3. The lowest BCUT2D eigenvalue weighted by Crippen LogP contribution is -2.18. The first kappa shape index (κ1) is 13.5. The molecule has 0 saturated carbocycles. The molecule has 0 spiro atoms. The maximum absolute atomic E-state index is 11.3. The summed E-state index contributed by atoms with van der Waals surface area (Å²) >= 11 is 0. The molecule has 0 heterocycles. The molecule has 1 aromatic rings. The van der Waals surface area contributed by atoms with Crippen molar-refractivity contribution in [3.05, 3.63) is 29.3 Å². The highest BCUT2D eigenvalue weighted by molar-refractivity contribution is 5.89. The molecule has 0 aliphatic carbocycles. The maximum Gasteiger partial charge on any atom is 0.337 e. The Morgan fingerprint density at radius 2 is 2.06 bits per heavy atom. The molecule has 4 heteroatoms. The fourth-order valence-corrected chi connectivity index (χ4v) is 1.51. The van der Waals surface area contributed by atoms with Crippen molar-refractivity contribution in [3.8, 4) is 5.75 Å². The van der Waals surface area contributed by atoms with Crippen LogP contribution in [-0.2, 0) is 9.47 Å². The van der Waals surface area contributed by atoms with E-state index in [1.165, 1.54) is 7.11 Å². The molecule has 0 aromatic heterocycles. The second kappa shape index (κ2) is 6.25. The molecule has 1 atom stereocenters. The third-order valence-electron chi connectivity index (χ3n) is 2.33. The highest BCUT2D eigenvalue weighted by Crippen LogP contribution is 2.20. The van der Waals surface area contributed by atoms with E-state index < -0.39 is 0 Å². The smallest absolute Gasteiger partial charge is 0.337 e. The maximum atomic E-state index is 11.3. The highest BCUT2D eigenvalue weighted by Gasteiger charge is 2.10. The quantitative estimate of drug-likeness (QED) is 0.738. The van der Waals surface area contributed by atoms with Crippen molar-refractivity contribution in [1.29, 1.82) is 0 Å². The molecule has 0 bridgehead atoms. The van der Waals surface area contributed by atoms with E-state index in [-0.39, 0.29) is 12.1 Å². The number of esters is 1. The Bertz CT molecular complexity index is 387. The van der Waals surface area contributed by atoms with Crippen LogP contribution in [0.3, 0.4) is 0 Å². The minimum Gasteiger partial charge on any atom is -0.488 e. The van der Waals surface area contributed by atoms with Crippen molar-refractivity contribution in [2.75, 3.05) is 20.8 Å². The zero-order valence-electron chi connectivity index (χ0n) is 10.6. The van der Waals surface area contributed by atoms with Gasteiger partial charge in [-0.25, -0.2) is 4.79 Å². The Kier molecular flexibility index (Phi) is 4.97. The molecule has 0 N–H and O–H groups in total. The fourth-order valence-electron chi connectivity index (χ4n) is 1.51. The molecule has 0 aliphatic rings. The number of benzene rings is 1. The molecule has 94 valence electrons. The molecule has 0 amide bonds. The van der Waals surface area contributed by atoms with Crippen molar-refractivity contribution in [1.82, 2.24) is 0 Å². The lowest BCUT2D eigenvalue weighted by molar-refractivity contribution is 0.0600. The molecule has 4 nitrogen and oxygen atoms in total. The number of methoxy groups -OCH3 is 2. The normalized spacial score (nSPS) is 12.0. The molecule has 0 radical (unpaired) electrons. The number of rotatable bonds is 5. The fraction of sp³-hybridized carbons (Fsp3) is 0.462. The van der Waals surface area contributed by atoms with Crippen molar-refractivity contribution < 1.29 is 19.0 Å². The molecule has 17 heavy (non-hydrogen) atoms. The lowest BCUT2D eigenvalue weighted by atomic mass is 10.1. The number of ether oxygens (including phenoxy) is 3. The van der Waals surface area contributed by atoms with Gasteiger partial charge in [-0.2, -0.15) is 0 Å². The van der Waals surface area contributed by atoms with Crippen molar-refractivity contribution in [3.63, 3.8) is 0 Å². The first-order valence-corrected chi connectivity index (χ1v) is 5.43.